The standard InChI is InChI=1S/C27H33Cl2F3N4OS/c28-20-4-7-23(8-5-20)35-14-2-13-34(17-18-35)12-1-3-26(37)36-15-10-21(11-16-36)33-22-6-9-24(29)25(19-22)38-27(30,31)32/h4-9,19,21,33H,1-3,10-18H2. The van der Waals surface area contributed by atoms with E-state index in [4.69, 9.17) is 23.2 Å². The smallest absolute Gasteiger partial charge is 0.382 e. The summed E-state index contributed by atoms with van der Waals surface area (Å²) in [6, 6.07) is 12.7. The van der Waals surface area contributed by atoms with Gasteiger partial charge in [0.1, 0.15) is 0 Å². The lowest BCUT2D eigenvalue weighted by Crippen LogP contribution is -2.42. The van der Waals surface area contributed by atoms with Crippen LogP contribution in [0.25, 0.3) is 0 Å². The Morgan fingerprint density at radius 3 is 2.42 bits per heavy atom. The molecule has 5 nitrogen and oxygen atoms in total. The first-order valence-electron chi connectivity index (χ1n) is 13.0. The van der Waals surface area contributed by atoms with Crippen LogP contribution in [0.4, 0.5) is 24.5 Å². The molecule has 2 aliphatic rings. The molecule has 0 unspecified atom stereocenters. The predicted octanol–water partition coefficient (Wildman–Crippen LogP) is 7.00. The van der Waals surface area contributed by atoms with Gasteiger partial charge >= 0.3 is 5.51 Å². The van der Waals surface area contributed by atoms with Gasteiger partial charge in [-0.1, -0.05) is 23.2 Å². The third-order valence-electron chi connectivity index (χ3n) is 7.02. The molecule has 4 rings (SSSR count). The number of amides is 1. The number of nitrogens with one attached hydrogen (secondary N) is 1. The van der Waals surface area contributed by atoms with Crippen molar-refractivity contribution >= 4 is 52.2 Å². The second-order valence-corrected chi connectivity index (χ2v) is 11.7. The first kappa shape index (κ1) is 29.2. The van der Waals surface area contributed by atoms with Crippen molar-refractivity contribution < 1.29 is 18.0 Å². The molecule has 1 amide bonds. The molecule has 2 aromatic carbocycles. The average Bonchev–Trinajstić information content (AvgIpc) is 3.12. The van der Waals surface area contributed by atoms with Crippen LogP contribution in [0, 0.1) is 0 Å². The SMILES string of the molecule is O=C(CCCN1CCCN(c2ccc(Cl)cc2)CC1)N1CCC(Nc2ccc(Cl)c(SC(F)(F)F)c2)CC1. The van der Waals surface area contributed by atoms with Crippen LogP contribution < -0.4 is 10.2 Å². The third kappa shape index (κ3) is 8.86. The molecule has 38 heavy (non-hydrogen) atoms. The molecular formula is C27H33Cl2F3N4OS. The minimum atomic E-state index is -4.39. The number of alkyl halides is 3. The molecule has 0 saturated carbocycles. The van der Waals surface area contributed by atoms with Gasteiger partial charge in [-0.2, -0.15) is 13.2 Å². The molecule has 1 N–H and O–H groups in total. The van der Waals surface area contributed by atoms with Crippen molar-refractivity contribution in [2.45, 2.75) is 48.5 Å². The van der Waals surface area contributed by atoms with Crippen LogP contribution in [0.1, 0.15) is 32.1 Å². The number of anilines is 2. The monoisotopic (exact) mass is 588 g/mol. The summed E-state index contributed by atoms with van der Waals surface area (Å²) >= 11 is 11.7. The Bertz CT molecular complexity index is 1070. The van der Waals surface area contributed by atoms with Gasteiger partial charge in [0, 0.05) is 66.5 Å². The molecular weight excluding hydrogens is 556 g/mol. The molecule has 0 atom stereocenters. The van der Waals surface area contributed by atoms with Crippen molar-refractivity contribution in [3.05, 3.63) is 52.5 Å². The second kappa shape index (κ2) is 13.5. The van der Waals surface area contributed by atoms with Crippen molar-refractivity contribution in [1.29, 1.82) is 0 Å². The van der Waals surface area contributed by atoms with Gasteiger partial charge in [0.05, 0.1) is 5.02 Å². The lowest BCUT2D eigenvalue weighted by atomic mass is 10.0. The number of rotatable bonds is 8. The second-order valence-electron chi connectivity index (χ2n) is 9.75. The molecule has 0 aliphatic carbocycles. The highest BCUT2D eigenvalue weighted by Crippen LogP contribution is 2.41. The van der Waals surface area contributed by atoms with Crippen LogP contribution in [-0.4, -0.2) is 73.1 Å². The Labute approximate surface area is 236 Å². The average molecular weight is 590 g/mol. The Balaban J connectivity index is 1.16. The van der Waals surface area contributed by atoms with E-state index in [-0.39, 0.29) is 33.6 Å². The number of benzene rings is 2. The van der Waals surface area contributed by atoms with Gasteiger partial charge < -0.3 is 20.0 Å². The molecule has 208 valence electrons. The van der Waals surface area contributed by atoms with Crippen molar-refractivity contribution in [1.82, 2.24) is 9.80 Å². The lowest BCUT2D eigenvalue weighted by Gasteiger charge is -2.33. The number of nitrogens with zero attached hydrogens (tertiary/aromatic N) is 3. The summed E-state index contributed by atoms with van der Waals surface area (Å²) in [5.74, 6) is 0.177. The number of halogens is 5. The summed E-state index contributed by atoms with van der Waals surface area (Å²) in [5.41, 5.74) is -2.59. The van der Waals surface area contributed by atoms with E-state index in [1.807, 2.05) is 17.0 Å². The number of carbonyl (C=O) groups excluding carboxylic acids is 1. The molecule has 2 aliphatic heterocycles. The first-order valence-corrected chi connectivity index (χ1v) is 14.6. The maximum absolute atomic E-state index is 12.8. The Morgan fingerprint density at radius 2 is 1.71 bits per heavy atom. The molecule has 0 radical (unpaired) electrons. The van der Waals surface area contributed by atoms with Gasteiger partial charge in [-0.3, -0.25) is 4.79 Å². The van der Waals surface area contributed by atoms with Gasteiger partial charge in [0.25, 0.3) is 0 Å². The number of likely N-dealkylation sites (tertiary alicyclic amines) is 1. The summed E-state index contributed by atoms with van der Waals surface area (Å²) < 4.78 is 38.3. The first-order chi connectivity index (χ1) is 18.2. The fourth-order valence-electron chi connectivity index (χ4n) is 5.02. The minimum absolute atomic E-state index is 0.0149. The number of piperidine rings is 1. The summed E-state index contributed by atoms with van der Waals surface area (Å²) in [5, 5.41) is 4.14. The fraction of sp³-hybridized carbons (Fsp3) is 0.519. The van der Waals surface area contributed by atoms with Crippen molar-refractivity contribution in [3.8, 4) is 0 Å². The fourth-order valence-corrected chi connectivity index (χ4v) is 5.98. The third-order valence-corrected chi connectivity index (χ3v) is 8.50. The summed E-state index contributed by atoms with van der Waals surface area (Å²) in [6.07, 6.45) is 3.96. The lowest BCUT2D eigenvalue weighted by molar-refractivity contribution is -0.132. The van der Waals surface area contributed by atoms with Crippen LogP contribution in [0.5, 0.6) is 0 Å². The van der Waals surface area contributed by atoms with E-state index in [1.54, 1.807) is 6.07 Å². The number of thioether (sulfide) groups is 1. The van der Waals surface area contributed by atoms with Gasteiger partial charge in [0.2, 0.25) is 5.91 Å². The zero-order chi connectivity index (χ0) is 27.1. The predicted molar refractivity (Wildman–Crippen MR) is 151 cm³/mol. The van der Waals surface area contributed by atoms with E-state index in [0.717, 1.165) is 63.4 Å². The number of carbonyl (C=O) groups is 1. The van der Waals surface area contributed by atoms with E-state index in [9.17, 15) is 18.0 Å². The summed E-state index contributed by atoms with van der Waals surface area (Å²) in [4.78, 5) is 19.5. The summed E-state index contributed by atoms with van der Waals surface area (Å²) in [6.45, 7) is 6.18. The Morgan fingerprint density at radius 1 is 0.974 bits per heavy atom. The van der Waals surface area contributed by atoms with Gasteiger partial charge in [-0.25, -0.2) is 0 Å². The highest BCUT2D eigenvalue weighted by molar-refractivity contribution is 8.00. The highest BCUT2D eigenvalue weighted by Gasteiger charge is 2.30. The summed E-state index contributed by atoms with van der Waals surface area (Å²) in [7, 11) is 0. The molecule has 2 saturated heterocycles. The van der Waals surface area contributed by atoms with Crippen molar-refractivity contribution in [2.75, 3.05) is 56.0 Å². The van der Waals surface area contributed by atoms with Crippen LogP contribution in [0.15, 0.2) is 47.4 Å². The van der Waals surface area contributed by atoms with Crippen LogP contribution in [0.2, 0.25) is 10.0 Å². The van der Waals surface area contributed by atoms with Crippen molar-refractivity contribution in [2.24, 2.45) is 0 Å². The highest BCUT2D eigenvalue weighted by atomic mass is 35.5. The normalized spacial score (nSPS) is 17.9. The molecule has 2 heterocycles. The van der Waals surface area contributed by atoms with Gasteiger partial charge in [-0.15, -0.1) is 0 Å². The molecule has 2 aromatic rings. The van der Waals surface area contributed by atoms with Crippen molar-refractivity contribution in [3.63, 3.8) is 0 Å². The molecule has 0 spiro atoms. The molecule has 0 aromatic heterocycles. The Hall–Kier alpha value is -1.81. The maximum atomic E-state index is 12.8. The molecule has 2 fully saturated rings. The zero-order valence-corrected chi connectivity index (χ0v) is 23.5. The number of hydrogen-bond acceptors (Lipinski definition) is 5. The van der Waals surface area contributed by atoms with Gasteiger partial charge in [-0.05, 0) is 93.0 Å². The minimum Gasteiger partial charge on any atom is -0.382 e. The van der Waals surface area contributed by atoms with E-state index >= 15 is 0 Å². The number of hydrogen-bond donors (Lipinski definition) is 1. The van der Waals surface area contributed by atoms with Crippen LogP contribution >= 0.6 is 35.0 Å². The quantitative estimate of drug-likeness (QED) is 0.336. The van der Waals surface area contributed by atoms with Crippen LogP contribution in [0.3, 0.4) is 0 Å². The Kier molecular flexibility index (Phi) is 10.4. The largest absolute Gasteiger partial charge is 0.446 e. The molecule has 0 bridgehead atoms. The van der Waals surface area contributed by atoms with E-state index in [1.165, 1.54) is 17.8 Å². The van der Waals surface area contributed by atoms with Crippen LogP contribution in [-0.2, 0) is 4.79 Å². The maximum Gasteiger partial charge on any atom is 0.446 e. The van der Waals surface area contributed by atoms with E-state index in [0.29, 0.717) is 25.2 Å². The van der Waals surface area contributed by atoms with Gasteiger partial charge in [0.15, 0.2) is 0 Å². The van der Waals surface area contributed by atoms with E-state index in [2.05, 4.69) is 27.2 Å². The van der Waals surface area contributed by atoms with E-state index < -0.39 is 5.51 Å². The molecule has 11 heteroatoms. The zero-order valence-electron chi connectivity index (χ0n) is 21.2. The topological polar surface area (TPSA) is 38.8 Å².